The molecule has 1 amide bonds. The van der Waals surface area contributed by atoms with Crippen LogP contribution in [-0.2, 0) is 6.61 Å². The predicted octanol–water partition coefficient (Wildman–Crippen LogP) is 4.55. The molecule has 2 N–H and O–H groups in total. The number of ether oxygens (including phenoxy) is 1. The van der Waals surface area contributed by atoms with E-state index in [0.717, 1.165) is 12.1 Å². The molecule has 0 atom stereocenters. The number of carbonyl (C=O) groups excluding carboxylic acids is 1. The van der Waals surface area contributed by atoms with Gasteiger partial charge >= 0.3 is 0 Å². The molecule has 29 heavy (non-hydrogen) atoms. The number of amides is 1. The summed E-state index contributed by atoms with van der Waals surface area (Å²) in [6, 6.07) is 11.7. The predicted molar refractivity (Wildman–Crippen MR) is 121 cm³/mol. The molecule has 0 aliphatic heterocycles. The van der Waals surface area contributed by atoms with Crippen molar-refractivity contribution in [1.29, 1.82) is 0 Å². The van der Waals surface area contributed by atoms with Crippen LogP contribution in [0.4, 0.5) is 0 Å². The maximum atomic E-state index is 12.4. The smallest absolute Gasteiger partial charge is 0.251 e. The van der Waals surface area contributed by atoms with Gasteiger partial charge in [0.2, 0.25) is 0 Å². The summed E-state index contributed by atoms with van der Waals surface area (Å²) in [7, 11) is 0. The minimum Gasteiger partial charge on any atom is -0.489 e. The Bertz CT molecular complexity index is 708. The van der Waals surface area contributed by atoms with Gasteiger partial charge in [-0.15, -0.1) is 24.8 Å². The molecule has 7 heteroatoms. The van der Waals surface area contributed by atoms with Crippen LogP contribution in [0.15, 0.2) is 48.8 Å². The summed E-state index contributed by atoms with van der Waals surface area (Å²) in [5.41, 5.74) is 1.62. The molecular formula is C22H31Cl2N3O2. The molecule has 0 radical (unpaired) electrons. The first-order chi connectivity index (χ1) is 13.3. The number of nitrogens with zero attached hydrogens (tertiary/aromatic N) is 1. The number of hydrogen-bond acceptors (Lipinski definition) is 4. The number of rotatable bonds is 8. The third-order valence-electron chi connectivity index (χ3n) is 4.92. The molecule has 5 nitrogen and oxygen atoms in total. The van der Waals surface area contributed by atoms with Crippen molar-refractivity contribution in [1.82, 2.24) is 15.6 Å². The van der Waals surface area contributed by atoms with E-state index in [-0.39, 0.29) is 30.7 Å². The summed E-state index contributed by atoms with van der Waals surface area (Å²) in [4.78, 5) is 16.4. The van der Waals surface area contributed by atoms with E-state index in [2.05, 4.69) is 15.6 Å². The molecule has 1 aliphatic carbocycles. The number of halogens is 2. The van der Waals surface area contributed by atoms with Crippen molar-refractivity contribution in [2.75, 3.05) is 13.1 Å². The molecule has 1 aromatic carbocycles. The lowest BCUT2D eigenvalue weighted by molar-refractivity contribution is 0.0953. The van der Waals surface area contributed by atoms with Crippen LogP contribution in [0.25, 0.3) is 0 Å². The maximum Gasteiger partial charge on any atom is 0.251 e. The first-order valence-corrected chi connectivity index (χ1v) is 9.94. The zero-order valence-electron chi connectivity index (χ0n) is 16.6. The molecule has 1 aromatic heterocycles. The average molecular weight is 440 g/mol. The Balaban J connectivity index is 0.00000210. The van der Waals surface area contributed by atoms with Gasteiger partial charge in [-0.25, -0.2) is 0 Å². The van der Waals surface area contributed by atoms with Crippen LogP contribution in [0.1, 0.15) is 54.4 Å². The molecule has 2 aromatic rings. The highest BCUT2D eigenvalue weighted by atomic mass is 35.5. The summed E-state index contributed by atoms with van der Waals surface area (Å²) < 4.78 is 5.77. The lowest BCUT2D eigenvalue weighted by Crippen LogP contribution is -2.36. The average Bonchev–Trinajstić information content (AvgIpc) is 2.99. The van der Waals surface area contributed by atoms with E-state index in [1.54, 1.807) is 18.5 Å². The molecule has 1 fully saturated rings. The Labute approximate surface area is 185 Å². The number of carbonyl (C=O) groups is 1. The fourth-order valence-corrected chi connectivity index (χ4v) is 3.42. The molecular weight excluding hydrogens is 409 g/mol. The lowest BCUT2D eigenvalue weighted by atomic mass is 10.1. The number of nitrogens with one attached hydrogen (secondary N) is 2. The number of aromatic nitrogens is 1. The van der Waals surface area contributed by atoms with E-state index in [1.165, 1.54) is 38.5 Å². The highest BCUT2D eigenvalue weighted by Crippen LogP contribution is 2.17. The van der Waals surface area contributed by atoms with Crippen molar-refractivity contribution in [2.45, 2.75) is 51.2 Å². The summed E-state index contributed by atoms with van der Waals surface area (Å²) in [6.07, 6.45) is 11.4. The number of pyridine rings is 1. The Morgan fingerprint density at radius 2 is 1.83 bits per heavy atom. The zero-order valence-corrected chi connectivity index (χ0v) is 18.3. The summed E-state index contributed by atoms with van der Waals surface area (Å²) >= 11 is 0. The second-order valence-corrected chi connectivity index (χ2v) is 7.08. The standard InChI is InChI=1S/C22H29N3O2.2ClH/c26-22(25-14-13-24-20-9-3-1-2-4-10-20)19-8-5-11-21(15-19)27-17-18-7-6-12-23-16-18;;/h5-8,11-12,15-16,20,24H,1-4,9-10,13-14,17H2,(H,25,26);2*1H. The van der Waals surface area contributed by atoms with Gasteiger partial charge in [0.1, 0.15) is 12.4 Å². The van der Waals surface area contributed by atoms with Gasteiger partial charge in [0.15, 0.2) is 0 Å². The van der Waals surface area contributed by atoms with Crippen LogP contribution in [0, 0.1) is 0 Å². The Morgan fingerprint density at radius 3 is 2.55 bits per heavy atom. The van der Waals surface area contributed by atoms with Gasteiger partial charge in [0.05, 0.1) is 0 Å². The monoisotopic (exact) mass is 439 g/mol. The van der Waals surface area contributed by atoms with Gasteiger partial charge in [-0.1, -0.05) is 37.8 Å². The zero-order chi connectivity index (χ0) is 18.7. The number of hydrogen-bond donors (Lipinski definition) is 2. The van der Waals surface area contributed by atoms with Gasteiger partial charge in [-0.05, 0) is 37.1 Å². The summed E-state index contributed by atoms with van der Waals surface area (Å²) in [5, 5.41) is 6.56. The first-order valence-electron chi connectivity index (χ1n) is 9.94. The topological polar surface area (TPSA) is 63.2 Å². The van der Waals surface area contributed by atoms with E-state index in [9.17, 15) is 4.79 Å². The first kappa shape index (κ1) is 25.2. The molecule has 1 heterocycles. The highest BCUT2D eigenvalue weighted by Gasteiger charge is 2.11. The van der Waals surface area contributed by atoms with Gasteiger partial charge in [-0.2, -0.15) is 0 Å². The Morgan fingerprint density at radius 1 is 1.03 bits per heavy atom. The molecule has 0 unspecified atom stereocenters. The van der Waals surface area contributed by atoms with Crippen LogP contribution in [0.3, 0.4) is 0 Å². The fourth-order valence-electron chi connectivity index (χ4n) is 3.42. The van der Waals surface area contributed by atoms with E-state index in [4.69, 9.17) is 4.74 Å². The van der Waals surface area contributed by atoms with Crippen molar-refractivity contribution in [3.8, 4) is 5.75 Å². The summed E-state index contributed by atoms with van der Waals surface area (Å²) in [5.74, 6) is 0.618. The van der Waals surface area contributed by atoms with Gasteiger partial charge in [-0.3, -0.25) is 9.78 Å². The van der Waals surface area contributed by atoms with Crippen molar-refractivity contribution < 1.29 is 9.53 Å². The number of benzene rings is 1. The van der Waals surface area contributed by atoms with Crippen molar-refractivity contribution in [3.05, 3.63) is 59.9 Å². The van der Waals surface area contributed by atoms with Crippen molar-refractivity contribution in [2.24, 2.45) is 0 Å². The van der Waals surface area contributed by atoms with E-state index < -0.39 is 0 Å². The van der Waals surface area contributed by atoms with E-state index in [0.29, 0.717) is 30.5 Å². The molecule has 1 saturated carbocycles. The van der Waals surface area contributed by atoms with Crippen LogP contribution in [-0.4, -0.2) is 30.0 Å². The molecule has 1 aliphatic rings. The van der Waals surface area contributed by atoms with Gasteiger partial charge < -0.3 is 15.4 Å². The SMILES string of the molecule is Cl.Cl.O=C(NCCNC1CCCCCC1)c1cccc(OCc2cccnc2)c1. The van der Waals surface area contributed by atoms with Crippen LogP contribution in [0.2, 0.25) is 0 Å². The van der Waals surface area contributed by atoms with Crippen molar-refractivity contribution >= 4 is 30.7 Å². The van der Waals surface area contributed by atoms with Gasteiger partial charge in [0.25, 0.3) is 5.91 Å². The lowest BCUT2D eigenvalue weighted by Gasteiger charge is -2.16. The molecule has 160 valence electrons. The highest BCUT2D eigenvalue weighted by molar-refractivity contribution is 5.94. The Kier molecular flexibility index (Phi) is 12.4. The van der Waals surface area contributed by atoms with Crippen LogP contribution in [0.5, 0.6) is 5.75 Å². The second-order valence-electron chi connectivity index (χ2n) is 7.08. The normalized spacial score (nSPS) is 14.1. The largest absolute Gasteiger partial charge is 0.489 e. The molecule has 0 saturated heterocycles. The van der Waals surface area contributed by atoms with Crippen LogP contribution < -0.4 is 15.4 Å². The van der Waals surface area contributed by atoms with Crippen molar-refractivity contribution in [3.63, 3.8) is 0 Å². The third-order valence-corrected chi connectivity index (χ3v) is 4.92. The quantitative estimate of drug-likeness (QED) is 0.467. The minimum absolute atomic E-state index is 0. The second kappa shape index (κ2) is 14.2. The van der Waals surface area contributed by atoms with E-state index in [1.807, 2.05) is 30.3 Å². The Hall–Kier alpha value is -1.82. The van der Waals surface area contributed by atoms with E-state index >= 15 is 0 Å². The van der Waals surface area contributed by atoms with Crippen LogP contribution >= 0.6 is 24.8 Å². The third kappa shape index (κ3) is 9.03. The summed E-state index contributed by atoms with van der Waals surface area (Å²) in [6.45, 7) is 1.88. The van der Waals surface area contributed by atoms with Gasteiger partial charge in [0, 0.05) is 42.7 Å². The molecule has 3 rings (SSSR count). The molecule has 0 spiro atoms. The molecule has 0 bridgehead atoms. The minimum atomic E-state index is -0.0653. The maximum absolute atomic E-state index is 12.4. The fraction of sp³-hybridized carbons (Fsp3) is 0.455.